The van der Waals surface area contributed by atoms with Gasteiger partial charge in [0.2, 0.25) is 5.91 Å². The molecule has 0 unspecified atom stereocenters. The first-order valence-corrected chi connectivity index (χ1v) is 7.46. The Kier molecular flexibility index (Phi) is 6.19. The lowest BCUT2D eigenvalue weighted by Gasteiger charge is -2.13. The number of thiophene rings is 1. The fourth-order valence-corrected chi connectivity index (χ4v) is 2.84. The van der Waals surface area contributed by atoms with Crippen molar-refractivity contribution in [1.29, 1.82) is 0 Å². The van der Waals surface area contributed by atoms with Crippen LogP contribution in [0.5, 0.6) is 0 Å². The third-order valence-corrected chi connectivity index (χ3v) is 4.35. The van der Waals surface area contributed by atoms with Crippen molar-refractivity contribution in [3.05, 3.63) is 22.0 Å². The zero-order chi connectivity index (χ0) is 14.0. The van der Waals surface area contributed by atoms with Crippen LogP contribution >= 0.6 is 39.7 Å². The van der Waals surface area contributed by atoms with Crippen LogP contribution in [-0.2, 0) is 4.79 Å². The summed E-state index contributed by atoms with van der Waals surface area (Å²) in [4.78, 5) is 12.9. The minimum Gasteiger partial charge on any atom is -0.320 e. The second-order valence-electron chi connectivity index (χ2n) is 4.53. The van der Waals surface area contributed by atoms with Gasteiger partial charge in [0.25, 0.3) is 0 Å². The predicted molar refractivity (Wildman–Crippen MR) is 88.3 cm³/mol. The number of nitrogens with one attached hydrogen (secondary N) is 2. The molecule has 5 nitrogen and oxygen atoms in total. The van der Waals surface area contributed by atoms with E-state index in [9.17, 15) is 4.79 Å². The number of hydrogen-bond acceptors (Lipinski definition) is 4. The first-order chi connectivity index (χ1) is 8.97. The molecular formula is C12H16BrClN4OS. The van der Waals surface area contributed by atoms with E-state index in [4.69, 9.17) is 5.73 Å². The maximum atomic E-state index is 11.8. The molecule has 0 bridgehead atoms. The van der Waals surface area contributed by atoms with Gasteiger partial charge in [-0.2, -0.15) is 5.10 Å². The van der Waals surface area contributed by atoms with Gasteiger partial charge in [0.15, 0.2) is 5.82 Å². The monoisotopic (exact) mass is 378 g/mol. The molecule has 8 heteroatoms. The highest BCUT2D eigenvalue weighted by atomic mass is 79.9. The van der Waals surface area contributed by atoms with E-state index in [0.29, 0.717) is 5.82 Å². The van der Waals surface area contributed by atoms with Crippen molar-refractivity contribution in [3.63, 3.8) is 0 Å². The van der Waals surface area contributed by atoms with Crippen molar-refractivity contribution in [2.45, 2.75) is 19.9 Å². The summed E-state index contributed by atoms with van der Waals surface area (Å²) in [5.74, 6) is 0.354. The van der Waals surface area contributed by atoms with Gasteiger partial charge in [-0.25, -0.2) is 0 Å². The summed E-state index contributed by atoms with van der Waals surface area (Å²) < 4.78 is 1.05. The minimum atomic E-state index is -0.531. The van der Waals surface area contributed by atoms with Gasteiger partial charge in [0.05, 0.1) is 20.4 Å². The Labute approximate surface area is 135 Å². The molecular weight excluding hydrogens is 364 g/mol. The molecule has 0 radical (unpaired) electrons. The van der Waals surface area contributed by atoms with E-state index >= 15 is 0 Å². The fraction of sp³-hybridized carbons (Fsp3) is 0.333. The number of halogens is 2. The van der Waals surface area contributed by atoms with E-state index in [0.717, 1.165) is 14.4 Å². The number of hydrogen-bond donors (Lipinski definition) is 3. The number of amides is 1. The summed E-state index contributed by atoms with van der Waals surface area (Å²) in [7, 11) is 0. The molecule has 1 atom stereocenters. The number of aromatic amines is 1. The summed E-state index contributed by atoms with van der Waals surface area (Å²) in [6.45, 7) is 3.81. The van der Waals surface area contributed by atoms with Crippen molar-refractivity contribution >= 4 is 51.4 Å². The third-order valence-electron chi connectivity index (χ3n) is 2.69. The molecule has 2 aromatic heterocycles. The molecule has 0 aliphatic rings. The summed E-state index contributed by atoms with van der Waals surface area (Å²) in [5.41, 5.74) is 6.64. The predicted octanol–water partition coefficient (Wildman–Crippen LogP) is 3.24. The van der Waals surface area contributed by atoms with E-state index in [1.54, 1.807) is 17.4 Å². The Morgan fingerprint density at radius 3 is 2.75 bits per heavy atom. The highest BCUT2D eigenvalue weighted by molar-refractivity contribution is 9.11. The standard InChI is InChI=1S/C12H15BrN4OS.ClH/c1-6(2)11(14)12(18)15-10-5-7(16-17-10)8-3-4-9(13)19-8;/h3-6,11H,14H2,1-2H3,(H2,15,16,17,18);1H/t11-;/m0./s1. The normalized spacial score (nSPS) is 12.1. The van der Waals surface area contributed by atoms with Gasteiger partial charge in [-0.15, -0.1) is 23.7 Å². The second-order valence-corrected chi connectivity index (χ2v) is 6.99. The van der Waals surface area contributed by atoms with E-state index in [-0.39, 0.29) is 24.2 Å². The topological polar surface area (TPSA) is 83.8 Å². The molecule has 0 saturated heterocycles. The van der Waals surface area contributed by atoms with Crippen LogP contribution in [0.2, 0.25) is 0 Å². The molecule has 2 aromatic rings. The molecule has 0 aliphatic carbocycles. The Balaban J connectivity index is 0.00000200. The lowest BCUT2D eigenvalue weighted by molar-refractivity contribution is -0.118. The van der Waals surface area contributed by atoms with E-state index in [1.807, 2.05) is 26.0 Å². The van der Waals surface area contributed by atoms with E-state index in [1.165, 1.54) is 0 Å². The van der Waals surface area contributed by atoms with Crippen LogP contribution in [0.3, 0.4) is 0 Å². The van der Waals surface area contributed by atoms with Crippen molar-refractivity contribution in [1.82, 2.24) is 10.2 Å². The van der Waals surface area contributed by atoms with Gasteiger partial charge < -0.3 is 11.1 Å². The smallest absolute Gasteiger partial charge is 0.242 e. The molecule has 110 valence electrons. The zero-order valence-electron chi connectivity index (χ0n) is 11.0. The molecule has 2 heterocycles. The number of nitrogens with two attached hydrogens (primary N) is 1. The summed E-state index contributed by atoms with van der Waals surface area (Å²) in [6, 6.07) is 5.21. The van der Waals surface area contributed by atoms with Gasteiger partial charge in [-0.3, -0.25) is 9.89 Å². The number of nitrogens with zero attached hydrogens (tertiary/aromatic N) is 1. The lowest BCUT2D eigenvalue weighted by atomic mass is 10.1. The van der Waals surface area contributed by atoms with E-state index in [2.05, 4.69) is 31.4 Å². The van der Waals surface area contributed by atoms with Crippen molar-refractivity contribution in [2.24, 2.45) is 11.7 Å². The first-order valence-electron chi connectivity index (χ1n) is 5.85. The van der Waals surface area contributed by atoms with Gasteiger partial charge in [0, 0.05) is 6.07 Å². The number of rotatable bonds is 4. The molecule has 0 aromatic carbocycles. The molecule has 2 rings (SSSR count). The molecule has 0 aliphatic heterocycles. The highest BCUT2D eigenvalue weighted by Gasteiger charge is 2.18. The Bertz CT molecular complexity index is 584. The first kappa shape index (κ1) is 17.2. The minimum absolute atomic E-state index is 0. The van der Waals surface area contributed by atoms with Crippen LogP contribution in [-0.4, -0.2) is 22.1 Å². The molecule has 0 saturated carbocycles. The van der Waals surface area contributed by atoms with Crippen LogP contribution in [0.25, 0.3) is 10.6 Å². The van der Waals surface area contributed by atoms with Crippen LogP contribution in [0.1, 0.15) is 13.8 Å². The molecule has 1 amide bonds. The quantitative estimate of drug-likeness (QED) is 0.762. The number of carbonyl (C=O) groups excluding carboxylic acids is 1. The van der Waals surface area contributed by atoms with E-state index < -0.39 is 6.04 Å². The number of carbonyl (C=O) groups is 1. The maximum absolute atomic E-state index is 11.8. The van der Waals surface area contributed by atoms with Gasteiger partial charge >= 0.3 is 0 Å². The average Bonchev–Trinajstić information content (AvgIpc) is 2.96. The van der Waals surface area contributed by atoms with Gasteiger partial charge in [-0.05, 0) is 34.0 Å². The summed E-state index contributed by atoms with van der Waals surface area (Å²) in [6.07, 6.45) is 0. The molecule has 4 N–H and O–H groups in total. The summed E-state index contributed by atoms with van der Waals surface area (Å²) >= 11 is 5.00. The van der Waals surface area contributed by atoms with Crippen molar-refractivity contribution in [3.8, 4) is 10.6 Å². The van der Waals surface area contributed by atoms with Crippen LogP contribution in [0.15, 0.2) is 22.0 Å². The Hall–Kier alpha value is -0.890. The van der Waals surface area contributed by atoms with Gasteiger partial charge in [0.1, 0.15) is 0 Å². The number of H-pyrrole nitrogens is 1. The van der Waals surface area contributed by atoms with Crippen LogP contribution < -0.4 is 11.1 Å². The molecule has 20 heavy (non-hydrogen) atoms. The van der Waals surface area contributed by atoms with Crippen molar-refractivity contribution < 1.29 is 4.79 Å². The number of aromatic nitrogens is 2. The Morgan fingerprint density at radius 2 is 2.20 bits per heavy atom. The number of anilines is 1. The van der Waals surface area contributed by atoms with Crippen LogP contribution in [0, 0.1) is 5.92 Å². The summed E-state index contributed by atoms with van der Waals surface area (Å²) in [5, 5.41) is 9.66. The highest BCUT2D eigenvalue weighted by Crippen LogP contribution is 2.30. The second kappa shape index (κ2) is 7.21. The maximum Gasteiger partial charge on any atom is 0.242 e. The lowest BCUT2D eigenvalue weighted by Crippen LogP contribution is -2.39. The fourth-order valence-electron chi connectivity index (χ4n) is 1.48. The van der Waals surface area contributed by atoms with Crippen molar-refractivity contribution in [2.75, 3.05) is 5.32 Å². The molecule has 0 spiro atoms. The SMILES string of the molecule is CC(C)[C@H](N)C(=O)Nc1cc(-c2ccc(Br)s2)[nH]n1.Cl. The third kappa shape index (κ3) is 4.05. The van der Waals surface area contributed by atoms with Crippen LogP contribution in [0.4, 0.5) is 5.82 Å². The Morgan fingerprint density at radius 1 is 1.50 bits per heavy atom. The largest absolute Gasteiger partial charge is 0.320 e. The zero-order valence-corrected chi connectivity index (χ0v) is 14.2. The molecule has 0 fully saturated rings. The average molecular weight is 380 g/mol. The van der Waals surface area contributed by atoms with Gasteiger partial charge in [-0.1, -0.05) is 13.8 Å².